The quantitative estimate of drug-likeness (QED) is 0.608. The Balaban J connectivity index is 2.64. The van der Waals surface area contributed by atoms with Crippen molar-refractivity contribution in [1.82, 2.24) is 9.80 Å². The molecule has 4 nitrogen and oxygen atoms in total. The summed E-state index contributed by atoms with van der Waals surface area (Å²) >= 11 is 0. The summed E-state index contributed by atoms with van der Waals surface area (Å²) in [5.41, 5.74) is 0.529. The van der Waals surface area contributed by atoms with Gasteiger partial charge in [0.2, 0.25) is 0 Å². The van der Waals surface area contributed by atoms with Crippen LogP contribution in [-0.4, -0.2) is 48.3 Å². The lowest BCUT2D eigenvalue weighted by Crippen LogP contribution is -2.41. The number of carbonyl (C=O) groups is 2. The monoisotopic (exact) mass is 196 g/mol. The first kappa shape index (κ1) is 10.9. The molecule has 0 saturated heterocycles. The van der Waals surface area contributed by atoms with Crippen molar-refractivity contribution in [2.45, 2.75) is 19.9 Å². The Morgan fingerprint density at radius 1 is 1.43 bits per heavy atom. The molecule has 0 bridgehead atoms. The highest BCUT2D eigenvalue weighted by Gasteiger charge is 2.29. The van der Waals surface area contributed by atoms with Crippen molar-refractivity contribution in [3.8, 4) is 0 Å². The Kier molecular flexibility index (Phi) is 3.06. The second-order valence-corrected chi connectivity index (χ2v) is 3.89. The Bertz CT molecular complexity index is 294. The number of carbonyl (C=O) groups excluding carboxylic acids is 2. The van der Waals surface area contributed by atoms with E-state index in [2.05, 4.69) is 0 Å². The molecule has 0 aliphatic carbocycles. The van der Waals surface area contributed by atoms with Gasteiger partial charge in [0.25, 0.3) is 11.8 Å². The number of imide groups is 1. The molecule has 1 rings (SSSR count). The van der Waals surface area contributed by atoms with Crippen molar-refractivity contribution in [3.05, 3.63) is 11.6 Å². The topological polar surface area (TPSA) is 40.6 Å². The fourth-order valence-electron chi connectivity index (χ4n) is 1.24. The Morgan fingerprint density at radius 3 is 2.36 bits per heavy atom. The maximum absolute atomic E-state index is 11.5. The van der Waals surface area contributed by atoms with Crippen LogP contribution in [0.4, 0.5) is 0 Å². The summed E-state index contributed by atoms with van der Waals surface area (Å²) in [5, 5.41) is 0. The summed E-state index contributed by atoms with van der Waals surface area (Å²) in [6.07, 6.45) is 1.39. The number of hydrogen-bond donors (Lipinski definition) is 0. The van der Waals surface area contributed by atoms with Crippen molar-refractivity contribution < 1.29 is 9.59 Å². The van der Waals surface area contributed by atoms with Gasteiger partial charge in [-0.15, -0.1) is 0 Å². The van der Waals surface area contributed by atoms with Gasteiger partial charge in [-0.05, 0) is 27.9 Å². The Labute approximate surface area is 84.2 Å². The van der Waals surface area contributed by atoms with Crippen LogP contribution in [-0.2, 0) is 9.59 Å². The molecule has 2 amide bonds. The van der Waals surface area contributed by atoms with E-state index in [0.717, 1.165) is 0 Å². The second-order valence-electron chi connectivity index (χ2n) is 3.89. The van der Waals surface area contributed by atoms with E-state index in [1.165, 1.54) is 11.0 Å². The largest absolute Gasteiger partial charge is 0.305 e. The van der Waals surface area contributed by atoms with Gasteiger partial charge in [-0.2, -0.15) is 0 Å². The normalized spacial score (nSPS) is 19.2. The summed E-state index contributed by atoms with van der Waals surface area (Å²) in [6.45, 7) is 4.10. The van der Waals surface area contributed by atoms with E-state index in [1.807, 2.05) is 25.9 Å². The molecular formula is C10H16N2O2. The van der Waals surface area contributed by atoms with Crippen LogP contribution < -0.4 is 0 Å². The predicted molar refractivity (Wildman–Crippen MR) is 53.6 cm³/mol. The smallest absolute Gasteiger partial charge is 0.256 e. The molecule has 0 aromatic heterocycles. The van der Waals surface area contributed by atoms with Crippen LogP contribution in [0.15, 0.2) is 11.6 Å². The van der Waals surface area contributed by atoms with Gasteiger partial charge in [-0.1, -0.05) is 0 Å². The number of rotatable bonds is 3. The first-order valence-corrected chi connectivity index (χ1v) is 4.64. The van der Waals surface area contributed by atoms with E-state index >= 15 is 0 Å². The molecule has 0 spiro atoms. The SMILES string of the molecule is CC1=CC(=O)N(CC(C)N(C)C)C1=O. The highest BCUT2D eigenvalue weighted by atomic mass is 16.2. The minimum Gasteiger partial charge on any atom is -0.305 e. The van der Waals surface area contributed by atoms with Crippen LogP contribution >= 0.6 is 0 Å². The minimum atomic E-state index is -0.193. The lowest BCUT2D eigenvalue weighted by Gasteiger charge is -2.24. The van der Waals surface area contributed by atoms with Crippen molar-refractivity contribution in [1.29, 1.82) is 0 Å². The molecule has 0 aromatic rings. The van der Waals surface area contributed by atoms with Gasteiger partial charge >= 0.3 is 0 Å². The molecule has 1 atom stereocenters. The number of nitrogens with zero attached hydrogens (tertiary/aromatic N) is 2. The number of likely N-dealkylation sites (N-methyl/N-ethyl adjacent to an activating group) is 1. The van der Waals surface area contributed by atoms with Gasteiger partial charge in [-0.3, -0.25) is 14.5 Å². The molecule has 1 aliphatic heterocycles. The standard InChI is InChI=1S/C10H16N2O2/c1-7-5-9(13)12(10(7)14)6-8(2)11(3)4/h5,8H,6H2,1-4H3. The third-order valence-electron chi connectivity index (χ3n) is 2.52. The predicted octanol–water partition coefficient (Wildman–Crippen LogP) is 0.252. The van der Waals surface area contributed by atoms with E-state index in [1.54, 1.807) is 6.92 Å². The van der Waals surface area contributed by atoms with Crippen molar-refractivity contribution in [2.75, 3.05) is 20.6 Å². The second kappa shape index (κ2) is 3.92. The van der Waals surface area contributed by atoms with Crippen molar-refractivity contribution in [2.24, 2.45) is 0 Å². The van der Waals surface area contributed by atoms with Crippen LogP contribution in [0.2, 0.25) is 0 Å². The van der Waals surface area contributed by atoms with Gasteiger partial charge in [0.15, 0.2) is 0 Å². The summed E-state index contributed by atoms with van der Waals surface area (Å²) in [5.74, 6) is -0.357. The van der Waals surface area contributed by atoms with Crippen LogP contribution in [0.5, 0.6) is 0 Å². The van der Waals surface area contributed by atoms with Gasteiger partial charge in [0.1, 0.15) is 0 Å². The van der Waals surface area contributed by atoms with E-state index in [9.17, 15) is 9.59 Å². The first-order valence-electron chi connectivity index (χ1n) is 4.64. The lowest BCUT2D eigenvalue weighted by atomic mass is 10.3. The Morgan fingerprint density at radius 2 is 2.00 bits per heavy atom. The van der Waals surface area contributed by atoms with Gasteiger partial charge in [0.05, 0.1) is 0 Å². The third-order valence-corrected chi connectivity index (χ3v) is 2.52. The molecule has 0 aromatic carbocycles. The molecule has 1 unspecified atom stereocenters. The molecule has 0 N–H and O–H groups in total. The van der Waals surface area contributed by atoms with Crippen molar-refractivity contribution in [3.63, 3.8) is 0 Å². The summed E-state index contributed by atoms with van der Waals surface area (Å²) < 4.78 is 0. The minimum absolute atomic E-state index is 0.163. The van der Waals surface area contributed by atoms with Crippen molar-refractivity contribution >= 4 is 11.8 Å². The van der Waals surface area contributed by atoms with E-state index < -0.39 is 0 Å². The zero-order chi connectivity index (χ0) is 10.9. The average molecular weight is 196 g/mol. The number of amides is 2. The number of hydrogen-bond acceptors (Lipinski definition) is 3. The van der Waals surface area contributed by atoms with Crippen LogP contribution in [0.3, 0.4) is 0 Å². The summed E-state index contributed by atoms with van der Waals surface area (Å²) in [6, 6.07) is 0.183. The maximum Gasteiger partial charge on any atom is 0.256 e. The average Bonchev–Trinajstić information content (AvgIpc) is 2.32. The molecule has 1 heterocycles. The molecular weight excluding hydrogens is 180 g/mol. The van der Waals surface area contributed by atoms with E-state index in [-0.39, 0.29) is 17.9 Å². The van der Waals surface area contributed by atoms with Crippen LogP contribution in [0.25, 0.3) is 0 Å². The summed E-state index contributed by atoms with van der Waals surface area (Å²) in [7, 11) is 3.85. The highest BCUT2D eigenvalue weighted by Crippen LogP contribution is 2.12. The molecule has 14 heavy (non-hydrogen) atoms. The van der Waals surface area contributed by atoms with Crippen LogP contribution in [0.1, 0.15) is 13.8 Å². The van der Waals surface area contributed by atoms with E-state index in [4.69, 9.17) is 0 Å². The lowest BCUT2D eigenvalue weighted by molar-refractivity contribution is -0.137. The fraction of sp³-hybridized carbons (Fsp3) is 0.600. The first-order chi connectivity index (χ1) is 6.43. The zero-order valence-electron chi connectivity index (χ0n) is 9.07. The maximum atomic E-state index is 11.5. The Hall–Kier alpha value is -1.16. The van der Waals surface area contributed by atoms with Gasteiger partial charge < -0.3 is 4.90 Å². The summed E-state index contributed by atoms with van der Waals surface area (Å²) in [4.78, 5) is 26.1. The fourth-order valence-corrected chi connectivity index (χ4v) is 1.24. The molecule has 78 valence electrons. The highest BCUT2D eigenvalue weighted by molar-refractivity contribution is 6.15. The third kappa shape index (κ3) is 2.01. The molecule has 4 heteroatoms. The molecule has 0 radical (unpaired) electrons. The molecule has 0 saturated carbocycles. The molecule has 1 aliphatic rings. The van der Waals surface area contributed by atoms with E-state index in [0.29, 0.717) is 12.1 Å². The van der Waals surface area contributed by atoms with Gasteiger partial charge in [0, 0.05) is 24.2 Å². The zero-order valence-corrected chi connectivity index (χ0v) is 9.07. The van der Waals surface area contributed by atoms with Gasteiger partial charge in [-0.25, -0.2) is 0 Å². The molecule has 0 fully saturated rings. The van der Waals surface area contributed by atoms with Crippen LogP contribution in [0, 0.1) is 0 Å².